The molecule has 1 aliphatic carbocycles. The van der Waals surface area contributed by atoms with Gasteiger partial charge in [0.15, 0.2) is 0 Å². The van der Waals surface area contributed by atoms with Crippen LogP contribution in [0.15, 0.2) is 5.10 Å². The fourth-order valence-electron chi connectivity index (χ4n) is 1.26. The largest absolute Gasteiger partial charge is 0.303 e. The number of hydrogen-bond donors (Lipinski definition) is 0. The molecule has 0 atom stereocenters. The van der Waals surface area contributed by atoms with Crippen LogP contribution in [-0.2, 0) is 4.79 Å². The Bertz CT molecular complexity index is 185. The fraction of sp³-hybridized carbons (Fsp3) is 0.750. The van der Waals surface area contributed by atoms with Gasteiger partial charge in [-0.15, -0.1) is 0 Å². The van der Waals surface area contributed by atoms with Crippen LogP contribution < -0.4 is 0 Å². The van der Waals surface area contributed by atoms with Crippen molar-refractivity contribution in [1.29, 1.82) is 0 Å². The summed E-state index contributed by atoms with van der Waals surface area (Å²) in [4.78, 5) is 11.0. The van der Waals surface area contributed by atoms with Gasteiger partial charge in [0.25, 0.3) is 0 Å². The molecule has 0 aliphatic heterocycles. The van der Waals surface area contributed by atoms with E-state index < -0.39 is 0 Å². The summed E-state index contributed by atoms with van der Waals surface area (Å²) >= 11 is 0. The zero-order chi connectivity index (χ0) is 8.27. The van der Waals surface area contributed by atoms with E-state index in [2.05, 4.69) is 5.10 Å². The number of rotatable bonds is 1. The summed E-state index contributed by atoms with van der Waals surface area (Å²) in [6.07, 6.45) is 3.28. The van der Waals surface area contributed by atoms with Crippen LogP contribution in [-0.4, -0.2) is 30.6 Å². The predicted octanol–water partition coefficient (Wildman–Crippen LogP) is 1.05. The van der Waals surface area contributed by atoms with Crippen molar-refractivity contribution in [2.75, 3.05) is 14.1 Å². The molecule has 0 N–H and O–H groups in total. The van der Waals surface area contributed by atoms with Gasteiger partial charge in [-0.2, -0.15) is 5.10 Å². The average molecular weight is 154 g/mol. The highest BCUT2D eigenvalue weighted by molar-refractivity contribution is 6.03. The first-order chi connectivity index (χ1) is 5.18. The molecule has 0 unspecified atom stereocenters. The SMILES string of the molecule is CN(C)/N=C1/CCCC(=O)C1. The van der Waals surface area contributed by atoms with E-state index in [0.29, 0.717) is 12.2 Å². The highest BCUT2D eigenvalue weighted by Crippen LogP contribution is 2.11. The second-order valence-electron chi connectivity index (χ2n) is 3.08. The van der Waals surface area contributed by atoms with E-state index in [0.717, 1.165) is 25.0 Å². The maximum Gasteiger partial charge on any atom is 0.138 e. The summed E-state index contributed by atoms with van der Waals surface area (Å²) in [7, 11) is 3.76. The zero-order valence-corrected chi connectivity index (χ0v) is 7.13. The maximum atomic E-state index is 11.0. The summed E-state index contributed by atoms with van der Waals surface area (Å²) in [6, 6.07) is 0. The number of hydrazone groups is 1. The molecule has 11 heavy (non-hydrogen) atoms. The van der Waals surface area contributed by atoms with Gasteiger partial charge in [0.05, 0.1) is 0 Å². The highest BCUT2D eigenvalue weighted by Gasteiger charge is 2.14. The summed E-state index contributed by atoms with van der Waals surface area (Å²) in [5.74, 6) is 0.330. The van der Waals surface area contributed by atoms with E-state index in [1.165, 1.54) is 0 Å². The maximum absolute atomic E-state index is 11.0. The Morgan fingerprint density at radius 2 is 2.09 bits per heavy atom. The normalized spacial score (nSPS) is 22.4. The number of Topliss-reactive ketones (excluding diaryl/α,β-unsaturated/α-hetero) is 1. The molecule has 3 nitrogen and oxygen atoms in total. The summed E-state index contributed by atoms with van der Waals surface area (Å²) in [5.41, 5.74) is 1.03. The van der Waals surface area contributed by atoms with E-state index in [1.54, 1.807) is 5.01 Å². The summed E-state index contributed by atoms with van der Waals surface area (Å²) in [6.45, 7) is 0. The third-order valence-electron chi connectivity index (χ3n) is 1.66. The molecule has 1 saturated carbocycles. The third kappa shape index (κ3) is 2.70. The van der Waals surface area contributed by atoms with Crippen LogP contribution in [0.5, 0.6) is 0 Å². The standard InChI is InChI=1S/C8H14N2O/c1-10(2)9-7-4-3-5-8(11)6-7/h3-6H2,1-2H3/b9-7-. The molecule has 0 saturated heterocycles. The van der Waals surface area contributed by atoms with Crippen LogP contribution in [0.3, 0.4) is 0 Å². The van der Waals surface area contributed by atoms with Crippen LogP contribution in [0.4, 0.5) is 0 Å². The molecule has 0 heterocycles. The molecule has 1 aliphatic rings. The van der Waals surface area contributed by atoms with E-state index in [9.17, 15) is 4.79 Å². The molecule has 3 heteroatoms. The lowest BCUT2D eigenvalue weighted by Crippen LogP contribution is -2.17. The summed E-state index contributed by atoms with van der Waals surface area (Å²) in [5, 5.41) is 5.97. The Kier molecular flexibility index (Phi) is 2.63. The van der Waals surface area contributed by atoms with Crippen molar-refractivity contribution in [3.8, 4) is 0 Å². The minimum Gasteiger partial charge on any atom is -0.303 e. The Morgan fingerprint density at radius 3 is 2.64 bits per heavy atom. The predicted molar refractivity (Wildman–Crippen MR) is 44.6 cm³/mol. The topological polar surface area (TPSA) is 32.7 Å². The number of hydrogen-bond acceptors (Lipinski definition) is 3. The van der Waals surface area contributed by atoms with Crippen molar-refractivity contribution >= 4 is 11.5 Å². The van der Waals surface area contributed by atoms with Gasteiger partial charge in [-0.3, -0.25) is 4.79 Å². The lowest BCUT2D eigenvalue weighted by Gasteiger charge is -2.14. The molecule has 0 radical (unpaired) electrons. The van der Waals surface area contributed by atoms with Crippen molar-refractivity contribution in [2.24, 2.45) is 5.10 Å². The Morgan fingerprint density at radius 1 is 1.36 bits per heavy atom. The number of carbonyl (C=O) groups is 1. The minimum absolute atomic E-state index is 0.330. The van der Waals surface area contributed by atoms with Crippen molar-refractivity contribution < 1.29 is 4.79 Å². The Labute approximate surface area is 67.1 Å². The van der Waals surface area contributed by atoms with Crippen molar-refractivity contribution in [3.63, 3.8) is 0 Å². The van der Waals surface area contributed by atoms with Crippen LogP contribution in [0.25, 0.3) is 0 Å². The van der Waals surface area contributed by atoms with Gasteiger partial charge in [0, 0.05) is 32.6 Å². The van der Waals surface area contributed by atoms with Gasteiger partial charge in [0.2, 0.25) is 0 Å². The molecular weight excluding hydrogens is 140 g/mol. The van der Waals surface area contributed by atoms with Gasteiger partial charge in [-0.05, 0) is 12.8 Å². The first-order valence-corrected chi connectivity index (χ1v) is 3.94. The van der Waals surface area contributed by atoms with E-state index in [4.69, 9.17) is 0 Å². The number of nitrogens with zero attached hydrogens (tertiary/aromatic N) is 2. The molecule has 0 spiro atoms. The zero-order valence-electron chi connectivity index (χ0n) is 7.13. The smallest absolute Gasteiger partial charge is 0.138 e. The number of ketones is 1. The van der Waals surface area contributed by atoms with Gasteiger partial charge < -0.3 is 5.01 Å². The van der Waals surface area contributed by atoms with Gasteiger partial charge in [0.1, 0.15) is 5.78 Å². The van der Waals surface area contributed by atoms with Gasteiger partial charge in [-0.1, -0.05) is 0 Å². The van der Waals surface area contributed by atoms with Crippen LogP contribution in [0.1, 0.15) is 25.7 Å². The summed E-state index contributed by atoms with van der Waals surface area (Å²) < 4.78 is 0. The minimum atomic E-state index is 0.330. The van der Waals surface area contributed by atoms with Gasteiger partial charge >= 0.3 is 0 Å². The molecule has 0 aromatic carbocycles. The van der Waals surface area contributed by atoms with E-state index in [1.807, 2.05) is 14.1 Å². The van der Waals surface area contributed by atoms with E-state index in [-0.39, 0.29) is 0 Å². The van der Waals surface area contributed by atoms with Crippen LogP contribution in [0, 0.1) is 0 Å². The average Bonchev–Trinajstić information content (AvgIpc) is 1.85. The Balaban J connectivity index is 2.52. The highest BCUT2D eigenvalue weighted by atomic mass is 16.1. The lowest BCUT2D eigenvalue weighted by atomic mass is 9.97. The fourth-order valence-corrected chi connectivity index (χ4v) is 1.26. The van der Waals surface area contributed by atoms with Crippen molar-refractivity contribution in [1.82, 2.24) is 5.01 Å². The third-order valence-corrected chi connectivity index (χ3v) is 1.66. The van der Waals surface area contributed by atoms with Crippen molar-refractivity contribution in [3.05, 3.63) is 0 Å². The molecule has 0 aromatic heterocycles. The first kappa shape index (κ1) is 8.24. The molecule has 0 amide bonds. The molecule has 1 rings (SSSR count). The van der Waals surface area contributed by atoms with Crippen molar-refractivity contribution in [2.45, 2.75) is 25.7 Å². The monoisotopic (exact) mass is 154 g/mol. The lowest BCUT2D eigenvalue weighted by molar-refractivity contribution is -0.118. The first-order valence-electron chi connectivity index (χ1n) is 3.94. The second kappa shape index (κ2) is 3.51. The Hall–Kier alpha value is -0.860. The van der Waals surface area contributed by atoms with Crippen LogP contribution >= 0.6 is 0 Å². The molecular formula is C8H14N2O. The molecule has 0 aromatic rings. The second-order valence-corrected chi connectivity index (χ2v) is 3.08. The quantitative estimate of drug-likeness (QED) is 0.529. The molecule has 0 bridgehead atoms. The van der Waals surface area contributed by atoms with E-state index >= 15 is 0 Å². The molecule has 1 fully saturated rings. The molecule has 62 valence electrons. The number of carbonyl (C=O) groups excluding carboxylic acids is 1. The van der Waals surface area contributed by atoms with Crippen LogP contribution in [0.2, 0.25) is 0 Å². The van der Waals surface area contributed by atoms with Gasteiger partial charge in [-0.25, -0.2) is 0 Å².